The van der Waals surface area contributed by atoms with Crippen molar-refractivity contribution in [2.24, 2.45) is 7.05 Å². The Bertz CT molecular complexity index is 501. The molecule has 2 heterocycles. The highest BCUT2D eigenvalue weighted by atomic mass is 16.3. The van der Waals surface area contributed by atoms with Crippen molar-refractivity contribution in [1.29, 1.82) is 0 Å². The van der Waals surface area contributed by atoms with Crippen molar-refractivity contribution in [3.8, 4) is 0 Å². The summed E-state index contributed by atoms with van der Waals surface area (Å²) < 4.78 is 7.58. The van der Waals surface area contributed by atoms with E-state index >= 15 is 0 Å². The molecular weight excluding hydrogens is 238 g/mol. The highest BCUT2D eigenvalue weighted by Crippen LogP contribution is 2.23. The van der Waals surface area contributed by atoms with E-state index in [0.29, 0.717) is 0 Å². The predicted octanol–water partition coefficient (Wildman–Crippen LogP) is 3.00. The van der Waals surface area contributed by atoms with E-state index in [-0.39, 0.29) is 6.04 Å². The molecule has 2 aromatic heterocycles. The van der Waals surface area contributed by atoms with Gasteiger partial charge in [0.2, 0.25) is 0 Å². The van der Waals surface area contributed by atoms with Crippen LogP contribution in [0.25, 0.3) is 0 Å². The molecule has 1 atom stereocenters. The highest BCUT2D eigenvalue weighted by molar-refractivity contribution is 5.18. The summed E-state index contributed by atoms with van der Waals surface area (Å²) in [5, 5.41) is 7.78. The van der Waals surface area contributed by atoms with E-state index in [2.05, 4.69) is 30.3 Å². The molecule has 1 N–H and O–H groups in total. The van der Waals surface area contributed by atoms with Gasteiger partial charge in [-0.25, -0.2) is 0 Å². The van der Waals surface area contributed by atoms with Crippen LogP contribution in [-0.4, -0.2) is 16.3 Å². The Kier molecular flexibility index (Phi) is 4.80. The van der Waals surface area contributed by atoms with Crippen molar-refractivity contribution in [3.05, 3.63) is 41.6 Å². The number of nitrogens with one attached hydrogen (secondary N) is 1. The third-order valence-corrected chi connectivity index (χ3v) is 3.47. The molecule has 0 spiro atoms. The monoisotopic (exact) mass is 261 g/mol. The number of hydrogen-bond acceptors (Lipinski definition) is 3. The SMILES string of the molecule is CCCNC(CCc1ccnn1C)c1occc1C. The molecule has 0 saturated heterocycles. The van der Waals surface area contributed by atoms with Gasteiger partial charge in [0.05, 0.1) is 12.3 Å². The lowest BCUT2D eigenvalue weighted by molar-refractivity contribution is 0.391. The summed E-state index contributed by atoms with van der Waals surface area (Å²) in [5.74, 6) is 1.07. The van der Waals surface area contributed by atoms with E-state index in [1.54, 1.807) is 6.26 Å². The summed E-state index contributed by atoms with van der Waals surface area (Å²) in [6.45, 7) is 5.29. The van der Waals surface area contributed by atoms with E-state index in [4.69, 9.17) is 4.42 Å². The van der Waals surface area contributed by atoms with Crippen LogP contribution < -0.4 is 5.32 Å². The maximum absolute atomic E-state index is 5.64. The largest absolute Gasteiger partial charge is 0.467 e. The molecule has 0 aromatic carbocycles. The van der Waals surface area contributed by atoms with Crippen LogP contribution in [0.15, 0.2) is 29.0 Å². The number of aromatic nitrogens is 2. The average Bonchev–Trinajstić information content (AvgIpc) is 2.99. The van der Waals surface area contributed by atoms with Gasteiger partial charge in [0.1, 0.15) is 5.76 Å². The Balaban J connectivity index is 2.02. The smallest absolute Gasteiger partial charge is 0.123 e. The zero-order chi connectivity index (χ0) is 13.7. The van der Waals surface area contributed by atoms with Crippen molar-refractivity contribution in [1.82, 2.24) is 15.1 Å². The van der Waals surface area contributed by atoms with Gasteiger partial charge in [-0.3, -0.25) is 4.68 Å². The first kappa shape index (κ1) is 13.9. The Morgan fingerprint density at radius 2 is 2.26 bits per heavy atom. The molecule has 0 fully saturated rings. The van der Waals surface area contributed by atoms with Crippen LogP contribution >= 0.6 is 0 Å². The second-order valence-electron chi connectivity index (χ2n) is 4.96. The van der Waals surface area contributed by atoms with Gasteiger partial charge in [0.15, 0.2) is 0 Å². The summed E-state index contributed by atoms with van der Waals surface area (Å²) in [4.78, 5) is 0. The fourth-order valence-electron chi connectivity index (χ4n) is 2.32. The van der Waals surface area contributed by atoms with Gasteiger partial charge in [-0.05, 0) is 50.4 Å². The summed E-state index contributed by atoms with van der Waals surface area (Å²) in [7, 11) is 1.99. The molecule has 104 valence electrons. The van der Waals surface area contributed by atoms with Gasteiger partial charge in [-0.15, -0.1) is 0 Å². The molecule has 4 nitrogen and oxygen atoms in total. The summed E-state index contributed by atoms with van der Waals surface area (Å²) in [6.07, 6.45) is 6.77. The van der Waals surface area contributed by atoms with Gasteiger partial charge >= 0.3 is 0 Å². The van der Waals surface area contributed by atoms with Gasteiger partial charge in [0, 0.05) is 18.9 Å². The minimum atomic E-state index is 0.282. The lowest BCUT2D eigenvalue weighted by Gasteiger charge is -2.17. The first-order chi connectivity index (χ1) is 9.22. The number of aryl methyl sites for hydroxylation is 3. The maximum Gasteiger partial charge on any atom is 0.123 e. The van der Waals surface area contributed by atoms with Crippen LogP contribution in [-0.2, 0) is 13.5 Å². The molecular formula is C15H23N3O. The van der Waals surface area contributed by atoms with Crippen LogP contribution in [0, 0.1) is 6.92 Å². The molecule has 1 unspecified atom stereocenters. The average molecular weight is 261 g/mol. The van der Waals surface area contributed by atoms with E-state index < -0.39 is 0 Å². The molecule has 0 bridgehead atoms. The third kappa shape index (κ3) is 3.47. The summed E-state index contributed by atoms with van der Waals surface area (Å²) in [6, 6.07) is 4.39. The molecule has 0 amide bonds. The van der Waals surface area contributed by atoms with Crippen LogP contribution in [0.3, 0.4) is 0 Å². The lowest BCUT2D eigenvalue weighted by atomic mass is 10.0. The van der Waals surface area contributed by atoms with Crippen molar-refractivity contribution >= 4 is 0 Å². The van der Waals surface area contributed by atoms with Crippen LogP contribution in [0.5, 0.6) is 0 Å². The standard InChI is InChI=1S/C15H23N3O/c1-4-9-16-14(15-12(2)8-11-19-15)6-5-13-7-10-17-18(13)3/h7-8,10-11,14,16H,4-6,9H2,1-3H3. The zero-order valence-corrected chi connectivity index (χ0v) is 12.0. The Labute approximate surface area is 114 Å². The van der Waals surface area contributed by atoms with Gasteiger partial charge < -0.3 is 9.73 Å². The topological polar surface area (TPSA) is 43.0 Å². The Hall–Kier alpha value is -1.55. The number of hydrogen-bond donors (Lipinski definition) is 1. The molecule has 0 saturated carbocycles. The van der Waals surface area contributed by atoms with E-state index in [1.807, 2.05) is 24.0 Å². The molecule has 4 heteroatoms. The zero-order valence-electron chi connectivity index (χ0n) is 12.0. The van der Waals surface area contributed by atoms with E-state index in [1.165, 1.54) is 11.3 Å². The first-order valence-corrected chi connectivity index (χ1v) is 6.96. The first-order valence-electron chi connectivity index (χ1n) is 6.96. The molecule has 0 aliphatic heterocycles. The van der Waals surface area contributed by atoms with Crippen molar-refractivity contribution in [2.75, 3.05) is 6.54 Å². The predicted molar refractivity (Wildman–Crippen MR) is 76.0 cm³/mol. The second kappa shape index (κ2) is 6.57. The normalized spacial score (nSPS) is 12.8. The lowest BCUT2D eigenvalue weighted by Crippen LogP contribution is -2.23. The van der Waals surface area contributed by atoms with Crippen LogP contribution in [0.1, 0.15) is 42.8 Å². The molecule has 0 aliphatic carbocycles. The Morgan fingerprint density at radius 1 is 1.42 bits per heavy atom. The minimum absolute atomic E-state index is 0.282. The maximum atomic E-state index is 5.64. The number of nitrogens with zero attached hydrogens (tertiary/aromatic N) is 2. The van der Waals surface area contributed by atoms with Crippen molar-refractivity contribution < 1.29 is 4.42 Å². The van der Waals surface area contributed by atoms with Gasteiger partial charge in [0.25, 0.3) is 0 Å². The van der Waals surface area contributed by atoms with Crippen LogP contribution in [0.4, 0.5) is 0 Å². The summed E-state index contributed by atoms with van der Waals surface area (Å²) in [5.41, 5.74) is 2.48. The molecule has 19 heavy (non-hydrogen) atoms. The van der Waals surface area contributed by atoms with Crippen molar-refractivity contribution in [3.63, 3.8) is 0 Å². The molecule has 0 aliphatic rings. The van der Waals surface area contributed by atoms with E-state index in [0.717, 1.165) is 31.6 Å². The fraction of sp³-hybridized carbons (Fsp3) is 0.533. The quantitative estimate of drug-likeness (QED) is 0.833. The molecule has 2 aromatic rings. The Morgan fingerprint density at radius 3 is 2.84 bits per heavy atom. The van der Waals surface area contributed by atoms with Crippen molar-refractivity contribution in [2.45, 2.75) is 39.2 Å². The molecule has 2 rings (SSSR count). The minimum Gasteiger partial charge on any atom is -0.467 e. The third-order valence-electron chi connectivity index (χ3n) is 3.47. The van der Waals surface area contributed by atoms with Gasteiger partial charge in [-0.1, -0.05) is 6.92 Å². The number of furan rings is 1. The highest BCUT2D eigenvalue weighted by Gasteiger charge is 2.16. The van der Waals surface area contributed by atoms with Crippen LogP contribution in [0.2, 0.25) is 0 Å². The fourth-order valence-corrected chi connectivity index (χ4v) is 2.32. The molecule has 0 radical (unpaired) electrons. The van der Waals surface area contributed by atoms with Gasteiger partial charge in [-0.2, -0.15) is 5.10 Å². The summed E-state index contributed by atoms with van der Waals surface area (Å²) >= 11 is 0. The van der Waals surface area contributed by atoms with E-state index in [9.17, 15) is 0 Å². The second-order valence-corrected chi connectivity index (χ2v) is 4.96. The number of rotatable bonds is 7.